The first kappa shape index (κ1) is 26.4. The smallest absolute Gasteiger partial charge is 0.227 e. The Kier molecular flexibility index (Phi) is 8.93. The Hall–Kier alpha value is -3.68. The molecule has 194 valence electrons. The van der Waals surface area contributed by atoms with Crippen molar-refractivity contribution in [2.75, 3.05) is 62.6 Å². The summed E-state index contributed by atoms with van der Waals surface area (Å²) in [7, 11) is 0. The Morgan fingerprint density at radius 3 is 2.73 bits per heavy atom. The number of halogens is 1. The minimum absolute atomic E-state index is 0.261. The second kappa shape index (κ2) is 12.5. The predicted octanol–water partition coefficient (Wildman–Crippen LogP) is 3.50. The van der Waals surface area contributed by atoms with Crippen molar-refractivity contribution in [2.45, 2.75) is 26.4 Å². The summed E-state index contributed by atoms with van der Waals surface area (Å²) < 4.78 is 13.6. The molecule has 0 radical (unpaired) electrons. The fourth-order valence-electron chi connectivity index (χ4n) is 4.49. The van der Waals surface area contributed by atoms with Gasteiger partial charge in [-0.15, -0.1) is 0 Å². The van der Waals surface area contributed by atoms with Crippen LogP contribution >= 0.6 is 0 Å². The zero-order chi connectivity index (χ0) is 26.2. The maximum absolute atomic E-state index is 13.6. The van der Waals surface area contributed by atoms with Crippen molar-refractivity contribution in [3.05, 3.63) is 54.6 Å². The normalized spacial score (nSPS) is 19.6. The molecule has 0 aromatic carbocycles. The fraction of sp³-hybridized carbons (Fsp3) is 0.444. The van der Waals surface area contributed by atoms with E-state index in [0.717, 1.165) is 45.0 Å². The van der Waals surface area contributed by atoms with E-state index in [1.165, 1.54) is 0 Å². The molecule has 0 unspecified atom stereocenters. The maximum Gasteiger partial charge on any atom is 0.227 e. The lowest BCUT2D eigenvalue weighted by atomic mass is 10.1. The summed E-state index contributed by atoms with van der Waals surface area (Å²) in [6.07, 6.45) is 6.27. The van der Waals surface area contributed by atoms with Crippen molar-refractivity contribution in [3.8, 4) is 17.3 Å². The number of allylic oxidation sites excluding steroid dienone is 1. The second-order valence-electron chi connectivity index (χ2n) is 9.29. The number of nitriles is 1. The quantitative estimate of drug-likeness (QED) is 0.410. The zero-order valence-corrected chi connectivity index (χ0v) is 21.6. The molecule has 10 heteroatoms. The Morgan fingerprint density at radius 2 is 2.05 bits per heavy atom. The molecule has 2 aromatic rings. The van der Waals surface area contributed by atoms with E-state index in [9.17, 15) is 9.65 Å². The molecule has 1 N–H and O–H groups in total. The largest absolute Gasteiger partial charge is 0.352 e. The molecule has 37 heavy (non-hydrogen) atoms. The highest BCUT2D eigenvalue weighted by molar-refractivity contribution is 5.84. The predicted molar refractivity (Wildman–Crippen MR) is 145 cm³/mol. The van der Waals surface area contributed by atoms with E-state index in [0.29, 0.717) is 47.2 Å². The molecule has 2 saturated heterocycles. The van der Waals surface area contributed by atoms with Gasteiger partial charge in [0.05, 0.1) is 29.7 Å². The minimum Gasteiger partial charge on any atom is -0.352 e. The first-order chi connectivity index (χ1) is 18.0. The van der Waals surface area contributed by atoms with Gasteiger partial charge in [-0.25, -0.2) is 19.3 Å². The van der Waals surface area contributed by atoms with E-state index in [1.807, 2.05) is 11.8 Å². The van der Waals surface area contributed by atoms with Gasteiger partial charge in [0.2, 0.25) is 5.95 Å². The van der Waals surface area contributed by atoms with Crippen molar-refractivity contribution in [1.82, 2.24) is 24.8 Å². The molecule has 0 aliphatic carbocycles. The van der Waals surface area contributed by atoms with E-state index in [4.69, 9.17) is 0 Å². The van der Waals surface area contributed by atoms with Crippen LogP contribution in [0.4, 0.5) is 16.2 Å². The Bertz CT molecular complexity index is 1190. The van der Waals surface area contributed by atoms with Crippen LogP contribution in [0.25, 0.3) is 11.3 Å². The van der Waals surface area contributed by atoms with Gasteiger partial charge in [-0.3, -0.25) is 9.89 Å². The van der Waals surface area contributed by atoms with Crippen LogP contribution in [0.15, 0.2) is 54.1 Å². The van der Waals surface area contributed by atoms with Gasteiger partial charge < -0.3 is 15.1 Å². The molecular weight excluding hydrogens is 469 g/mol. The van der Waals surface area contributed by atoms with Crippen LogP contribution in [0.1, 0.15) is 25.8 Å². The van der Waals surface area contributed by atoms with Crippen LogP contribution in [0.2, 0.25) is 0 Å². The third-order valence-electron chi connectivity index (χ3n) is 6.63. The number of nitrogens with zero attached hydrogens (tertiary/aromatic N) is 8. The molecule has 2 fully saturated rings. The van der Waals surface area contributed by atoms with Crippen molar-refractivity contribution in [2.24, 2.45) is 4.99 Å². The van der Waals surface area contributed by atoms with E-state index in [1.54, 1.807) is 36.8 Å². The number of aromatic nitrogens is 3. The van der Waals surface area contributed by atoms with Gasteiger partial charge >= 0.3 is 0 Å². The highest BCUT2D eigenvalue weighted by atomic mass is 19.1. The van der Waals surface area contributed by atoms with Crippen molar-refractivity contribution >= 4 is 17.5 Å². The molecule has 1 atom stereocenters. The summed E-state index contributed by atoms with van der Waals surface area (Å²) in [5, 5.41) is 12.8. The molecule has 4 rings (SSSR count). The van der Waals surface area contributed by atoms with Crippen molar-refractivity contribution in [3.63, 3.8) is 0 Å². The lowest BCUT2D eigenvalue weighted by Gasteiger charge is -2.33. The van der Waals surface area contributed by atoms with Gasteiger partial charge in [0, 0.05) is 62.9 Å². The van der Waals surface area contributed by atoms with E-state index in [-0.39, 0.29) is 6.54 Å². The molecule has 0 saturated carbocycles. The van der Waals surface area contributed by atoms with E-state index >= 15 is 0 Å². The van der Waals surface area contributed by atoms with Crippen LogP contribution in [0, 0.1) is 11.3 Å². The Balaban J connectivity index is 1.43. The number of anilines is 2. The molecule has 2 aliphatic rings. The van der Waals surface area contributed by atoms with Crippen LogP contribution in [0.5, 0.6) is 0 Å². The third-order valence-corrected chi connectivity index (χ3v) is 6.63. The summed E-state index contributed by atoms with van der Waals surface area (Å²) in [4.78, 5) is 24.7. The lowest BCUT2D eigenvalue weighted by molar-refractivity contribution is 0.151. The number of aliphatic imine (C=N–C) groups is 1. The number of rotatable bonds is 9. The Labute approximate surface area is 218 Å². The maximum atomic E-state index is 13.6. The topological polar surface area (TPSA) is 96.6 Å². The lowest BCUT2D eigenvalue weighted by Crippen LogP contribution is -2.47. The average molecular weight is 504 g/mol. The van der Waals surface area contributed by atoms with E-state index in [2.05, 4.69) is 54.6 Å². The third kappa shape index (κ3) is 6.96. The summed E-state index contributed by atoms with van der Waals surface area (Å²) >= 11 is 0. The van der Waals surface area contributed by atoms with Gasteiger partial charge in [-0.05, 0) is 38.1 Å². The standard InChI is InChI=1S/C27H34FN9/c1-4-24(17-31-20(3)18-36-12-10-35(5-2)11-13-36)33-27-30-8-6-25(34-27)22-14-21(15-29)26(32-16-22)37-9-7-23(28)19-37/h4,6,8,14,16-17,23H,1,5,7,9-13,18-19H2,2-3H3,(H,30,33,34)/b24-17+,31-20?/t23-/m0/s1. The van der Waals surface area contributed by atoms with Crippen LogP contribution in [-0.4, -0.2) is 89.0 Å². The first-order valence-corrected chi connectivity index (χ1v) is 12.7. The number of nitrogens with one attached hydrogen (secondary N) is 1. The molecule has 0 spiro atoms. The highest BCUT2D eigenvalue weighted by Crippen LogP contribution is 2.27. The van der Waals surface area contributed by atoms with Crippen LogP contribution in [-0.2, 0) is 0 Å². The summed E-state index contributed by atoms with van der Waals surface area (Å²) in [5.41, 5.74) is 3.39. The molecular formula is C27H34FN9. The summed E-state index contributed by atoms with van der Waals surface area (Å²) in [6, 6.07) is 5.68. The zero-order valence-electron chi connectivity index (χ0n) is 21.6. The van der Waals surface area contributed by atoms with Crippen LogP contribution < -0.4 is 10.2 Å². The van der Waals surface area contributed by atoms with Gasteiger partial charge in [0.1, 0.15) is 18.1 Å². The monoisotopic (exact) mass is 503 g/mol. The SMILES string of the molecule is C=C/C(=C\N=C(C)CN1CCN(CC)CC1)Nc1nccc(-c2cnc(N3CC[C@H](F)C3)c(C#N)c2)n1. The number of alkyl halides is 1. The fourth-order valence-corrected chi connectivity index (χ4v) is 4.49. The highest BCUT2D eigenvalue weighted by Gasteiger charge is 2.25. The number of pyridine rings is 1. The van der Waals surface area contributed by atoms with Gasteiger partial charge in [0.15, 0.2) is 0 Å². The number of piperazine rings is 1. The average Bonchev–Trinajstić information content (AvgIpc) is 3.37. The summed E-state index contributed by atoms with van der Waals surface area (Å²) in [5.74, 6) is 0.894. The number of hydrogen-bond acceptors (Lipinski definition) is 9. The van der Waals surface area contributed by atoms with Gasteiger partial charge in [-0.2, -0.15) is 5.26 Å². The minimum atomic E-state index is -0.889. The van der Waals surface area contributed by atoms with Crippen molar-refractivity contribution < 1.29 is 4.39 Å². The molecule has 9 nitrogen and oxygen atoms in total. The van der Waals surface area contributed by atoms with Gasteiger partial charge in [-0.1, -0.05) is 13.5 Å². The Morgan fingerprint density at radius 1 is 1.27 bits per heavy atom. The van der Waals surface area contributed by atoms with Crippen molar-refractivity contribution in [1.29, 1.82) is 5.26 Å². The molecule has 2 aliphatic heterocycles. The van der Waals surface area contributed by atoms with Crippen LogP contribution in [0.3, 0.4) is 0 Å². The number of hydrogen-bond donors (Lipinski definition) is 1. The van der Waals surface area contributed by atoms with Gasteiger partial charge in [0.25, 0.3) is 0 Å². The summed E-state index contributed by atoms with van der Waals surface area (Å²) in [6.45, 7) is 15.1. The second-order valence-corrected chi connectivity index (χ2v) is 9.29. The molecule has 4 heterocycles. The molecule has 2 aromatic heterocycles. The first-order valence-electron chi connectivity index (χ1n) is 12.7. The molecule has 0 bridgehead atoms. The number of likely N-dealkylation sites (N-methyl/N-ethyl adjacent to an activating group) is 1. The van der Waals surface area contributed by atoms with E-state index < -0.39 is 6.17 Å². The molecule has 0 amide bonds.